The molecule has 0 unspecified atom stereocenters. The molecular weight excluding hydrogens is 387 g/mol. The molecule has 0 aliphatic carbocycles. The Bertz CT molecular complexity index is 661. The molecule has 0 spiro atoms. The first-order valence-corrected chi connectivity index (χ1v) is 8.53. The summed E-state index contributed by atoms with van der Waals surface area (Å²) in [5, 5.41) is 0. The van der Waals surface area contributed by atoms with E-state index >= 15 is 0 Å². The molecule has 2 aromatic rings. The molecule has 22 heavy (non-hydrogen) atoms. The highest BCUT2D eigenvalue weighted by Gasteiger charge is 2.10. The van der Waals surface area contributed by atoms with E-state index in [4.69, 9.17) is 4.74 Å². The van der Waals surface area contributed by atoms with Crippen molar-refractivity contribution in [3.05, 3.63) is 57.2 Å². The zero-order valence-corrected chi connectivity index (χ0v) is 14.8. The summed E-state index contributed by atoms with van der Waals surface area (Å²) in [4.78, 5) is 6.91. The largest absolute Gasteiger partial charge is 0.378 e. The van der Waals surface area contributed by atoms with Crippen LogP contribution in [0.5, 0.6) is 0 Å². The number of aryl methyl sites for hydroxylation is 1. The topological polar surface area (TPSA) is 24.8 Å². The highest BCUT2D eigenvalue weighted by molar-refractivity contribution is 14.1. The molecule has 1 saturated heterocycles. The molecule has 0 saturated carbocycles. The van der Waals surface area contributed by atoms with Crippen molar-refractivity contribution in [1.29, 1.82) is 0 Å². The van der Waals surface area contributed by atoms with E-state index in [0.717, 1.165) is 37.6 Å². The average molecular weight is 406 g/mol. The van der Waals surface area contributed by atoms with Gasteiger partial charge in [0.05, 0.1) is 18.9 Å². The second-order valence-electron chi connectivity index (χ2n) is 5.38. The van der Waals surface area contributed by atoms with Gasteiger partial charge < -0.3 is 9.64 Å². The number of hydrogen-bond acceptors (Lipinski definition) is 3. The number of halogens is 1. The van der Waals surface area contributed by atoms with Crippen LogP contribution < -0.4 is 4.90 Å². The Morgan fingerprint density at radius 3 is 2.50 bits per heavy atom. The molecule has 3 rings (SSSR count). The molecule has 0 radical (unpaired) electrons. The lowest BCUT2D eigenvalue weighted by Crippen LogP contribution is -2.36. The van der Waals surface area contributed by atoms with Crippen LogP contribution in [0, 0.1) is 10.5 Å². The zero-order chi connectivity index (χ0) is 15.4. The van der Waals surface area contributed by atoms with Crippen LogP contribution in [-0.4, -0.2) is 32.5 Å². The number of rotatable bonds is 3. The van der Waals surface area contributed by atoms with Gasteiger partial charge in [-0.3, -0.25) is 4.99 Å². The summed E-state index contributed by atoms with van der Waals surface area (Å²) < 4.78 is 6.66. The molecular formula is C18H19IN2O. The Kier molecular flexibility index (Phi) is 5.10. The second-order valence-corrected chi connectivity index (χ2v) is 6.54. The van der Waals surface area contributed by atoms with E-state index in [1.165, 1.54) is 14.8 Å². The quantitative estimate of drug-likeness (QED) is 0.564. The van der Waals surface area contributed by atoms with Crippen LogP contribution in [0.1, 0.15) is 11.1 Å². The van der Waals surface area contributed by atoms with Gasteiger partial charge in [0, 0.05) is 28.6 Å². The molecule has 114 valence electrons. The molecule has 1 aliphatic heterocycles. The molecule has 1 heterocycles. The van der Waals surface area contributed by atoms with Gasteiger partial charge in [-0.2, -0.15) is 0 Å². The van der Waals surface area contributed by atoms with Crippen molar-refractivity contribution in [1.82, 2.24) is 0 Å². The van der Waals surface area contributed by atoms with E-state index in [1.807, 2.05) is 12.3 Å². The minimum absolute atomic E-state index is 0.815. The molecule has 2 aromatic carbocycles. The first kappa shape index (κ1) is 15.5. The molecule has 0 atom stereocenters. The molecule has 0 amide bonds. The van der Waals surface area contributed by atoms with Crippen LogP contribution in [0.25, 0.3) is 0 Å². The Labute approximate surface area is 145 Å². The van der Waals surface area contributed by atoms with E-state index in [2.05, 4.69) is 75.8 Å². The van der Waals surface area contributed by atoms with E-state index < -0.39 is 0 Å². The fraction of sp³-hybridized carbons (Fsp3) is 0.278. The van der Waals surface area contributed by atoms with Crippen molar-refractivity contribution >= 4 is 40.2 Å². The van der Waals surface area contributed by atoms with Crippen LogP contribution in [0.4, 0.5) is 11.4 Å². The second kappa shape index (κ2) is 7.24. The summed E-state index contributed by atoms with van der Waals surface area (Å²) in [6.45, 7) is 5.67. The summed E-state index contributed by atoms with van der Waals surface area (Å²) in [5.74, 6) is 0. The minimum atomic E-state index is 0.815. The van der Waals surface area contributed by atoms with Crippen LogP contribution in [-0.2, 0) is 4.74 Å². The van der Waals surface area contributed by atoms with Crippen LogP contribution >= 0.6 is 22.6 Å². The van der Waals surface area contributed by atoms with Crippen molar-refractivity contribution in [2.45, 2.75) is 6.92 Å². The molecule has 1 aliphatic rings. The lowest BCUT2D eigenvalue weighted by molar-refractivity contribution is 0.122. The third kappa shape index (κ3) is 3.87. The fourth-order valence-corrected chi connectivity index (χ4v) is 2.79. The van der Waals surface area contributed by atoms with Gasteiger partial charge in [0.15, 0.2) is 0 Å². The number of ether oxygens (including phenoxy) is 1. The number of aliphatic imine (C=N–C) groups is 1. The third-order valence-electron chi connectivity index (χ3n) is 3.77. The minimum Gasteiger partial charge on any atom is -0.378 e. The number of hydrogen-bond donors (Lipinski definition) is 0. The molecule has 1 fully saturated rings. The lowest BCUT2D eigenvalue weighted by Gasteiger charge is -2.28. The van der Waals surface area contributed by atoms with E-state index in [1.54, 1.807) is 0 Å². The highest BCUT2D eigenvalue weighted by Crippen LogP contribution is 2.20. The van der Waals surface area contributed by atoms with Crippen LogP contribution in [0.15, 0.2) is 47.5 Å². The van der Waals surface area contributed by atoms with E-state index in [-0.39, 0.29) is 0 Å². The first-order chi connectivity index (χ1) is 10.7. The Morgan fingerprint density at radius 2 is 1.82 bits per heavy atom. The van der Waals surface area contributed by atoms with Gasteiger partial charge in [-0.25, -0.2) is 0 Å². The maximum absolute atomic E-state index is 5.39. The van der Waals surface area contributed by atoms with Crippen LogP contribution in [0.2, 0.25) is 0 Å². The van der Waals surface area contributed by atoms with E-state index in [0.29, 0.717) is 0 Å². The summed E-state index contributed by atoms with van der Waals surface area (Å²) in [5.41, 5.74) is 4.63. The maximum atomic E-state index is 5.39. The summed E-state index contributed by atoms with van der Waals surface area (Å²) in [6, 6.07) is 14.8. The number of anilines is 1. The molecule has 3 nitrogen and oxygen atoms in total. The first-order valence-electron chi connectivity index (χ1n) is 7.45. The average Bonchev–Trinajstić information content (AvgIpc) is 2.57. The predicted octanol–water partition coefficient (Wildman–Crippen LogP) is 4.19. The van der Waals surface area contributed by atoms with Crippen molar-refractivity contribution in [2.24, 2.45) is 4.99 Å². The SMILES string of the molecule is Cc1cc(N=Cc2ccc(N3CCOCC3)cc2)ccc1I. The maximum Gasteiger partial charge on any atom is 0.0642 e. The van der Waals surface area contributed by atoms with Gasteiger partial charge in [0.2, 0.25) is 0 Å². The summed E-state index contributed by atoms with van der Waals surface area (Å²) in [7, 11) is 0. The fourth-order valence-electron chi connectivity index (χ4n) is 2.45. The number of benzene rings is 2. The number of morpholine rings is 1. The molecule has 4 heteroatoms. The Morgan fingerprint density at radius 1 is 1.09 bits per heavy atom. The van der Waals surface area contributed by atoms with Gasteiger partial charge in [-0.05, 0) is 71.0 Å². The van der Waals surface area contributed by atoms with Gasteiger partial charge in [0.25, 0.3) is 0 Å². The standard InChI is InChI=1S/C18H19IN2O/c1-14-12-16(4-7-18(14)19)20-13-15-2-5-17(6-3-15)21-8-10-22-11-9-21/h2-7,12-13H,8-11H2,1H3. The molecule has 0 bridgehead atoms. The van der Waals surface area contributed by atoms with Gasteiger partial charge >= 0.3 is 0 Å². The lowest BCUT2D eigenvalue weighted by atomic mass is 10.2. The van der Waals surface area contributed by atoms with Gasteiger partial charge in [0.1, 0.15) is 0 Å². The molecule has 0 aromatic heterocycles. The molecule has 0 N–H and O–H groups in total. The van der Waals surface area contributed by atoms with Gasteiger partial charge in [-0.1, -0.05) is 12.1 Å². The predicted molar refractivity (Wildman–Crippen MR) is 101 cm³/mol. The summed E-state index contributed by atoms with van der Waals surface area (Å²) in [6.07, 6.45) is 1.92. The monoisotopic (exact) mass is 406 g/mol. The zero-order valence-electron chi connectivity index (χ0n) is 12.6. The van der Waals surface area contributed by atoms with Crippen LogP contribution in [0.3, 0.4) is 0 Å². The van der Waals surface area contributed by atoms with Crippen molar-refractivity contribution in [2.75, 3.05) is 31.2 Å². The normalized spacial score (nSPS) is 15.5. The number of nitrogens with zero attached hydrogens (tertiary/aromatic N) is 2. The smallest absolute Gasteiger partial charge is 0.0642 e. The Hall–Kier alpha value is -1.40. The van der Waals surface area contributed by atoms with Crippen molar-refractivity contribution < 1.29 is 4.74 Å². The third-order valence-corrected chi connectivity index (χ3v) is 4.98. The van der Waals surface area contributed by atoms with Crippen molar-refractivity contribution in [3.63, 3.8) is 0 Å². The highest BCUT2D eigenvalue weighted by atomic mass is 127. The summed E-state index contributed by atoms with van der Waals surface area (Å²) >= 11 is 2.34. The van der Waals surface area contributed by atoms with Gasteiger partial charge in [-0.15, -0.1) is 0 Å². The van der Waals surface area contributed by atoms with Crippen molar-refractivity contribution in [3.8, 4) is 0 Å². The Balaban J connectivity index is 1.69. The van der Waals surface area contributed by atoms with E-state index in [9.17, 15) is 0 Å².